The first kappa shape index (κ1) is 17.9. The monoisotopic (exact) mass is 369 g/mol. The molecule has 0 aliphatic carbocycles. The van der Waals surface area contributed by atoms with Crippen molar-refractivity contribution in [1.82, 2.24) is 4.98 Å². The predicted octanol–water partition coefficient (Wildman–Crippen LogP) is 6.44. The molecule has 1 aromatic heterocycles. The fourth-order valence-electron chi connectivity index (χ4n) is 3.14. The summed E-state index contributed by atoms with van der Waals surface area (Å²) in [5.74, 6) is 0.323. The van der Waals surface area contributed by atoms with Crippen LogP contribution in [0.4, 0.5) is 4.39 Å². The lowest BCUT2D eigenvalue weighted by molar-refractivity contribution is 0.292. The van der Waals surface area contributed by atoms with E-state index in [0.29, 0.717) is 12.5 Å². The summed E-state index contributed by atoms with van der Waals surface area (Å²) in [5, 5.41) is 0. The lowest BCUT2D eigenvalue weighted by atomic mass is 9.99. The van der Waals surface area contributed by atoms with Gasteiger partial charge in [0.05, 0.1) is 5.69 Å². The standard InChI is InChI=1S/C25H20FNO/c1-18-23(20-10-6-3-7-11-20)16-24(21-12-14-22(26)15-13-21)27-25(18)28-17-19-8-4-2-5-9-19/h2-16H,17H2,1H3. The van der Waals surface area contributed by atoms with Gasteiger partial charge in [0.25, 0.3) is 0 Å². The summed E-state index contributed by atoms with van der Waals surface area (Å²) in [4.78, 5) is 4.73. The molecule has 0 aliphatic heterocycles. The molecule has 0 aliphatic rings. The molecule has 0 radical (unpaired) electrons. The van der Waals surface area contributed by atoms with Crippen molar-refractivity contribution in [2.45, 2.75) is 13.5 Å². The van der Waals surface area contributed by atoms with Crippen LogP contribution in [0.2, 0.25) is 0 Å². The summed E-state index contributed by atoms with van der Waals surface area (Å²) in [7, 11) is 0. The van der Waals surface area contributed by atoms with Crippen molar-refractivity contribution < 1.29 is 9.13 Å². The van der Waals surface area contributed by atoms with E-state index in [-0.39, 0.29) is 5.82 Å². The third kappa shape index (κ3) is 3.94. The highest BCUT2D eigenvalue weighted by Crippen LogP contribution is 2.33. The second kappa shape index (κ2) is 8.05. The average molecular weight is 369 g/mol. The van der Waals surface area contributed by atoms with Gasteiger partial charge in [-0.3, -0.25) is 0 Å². The van der Waals surface area contributed by atoms with Crippen LogP contribution in [-0.2, 0) is 6.61 Å². The number of pyridine rings is 1. The van der Waals surface area contributed by atoms with Crippen molar-refractivity contribution in [3.05, 3.63) is 108 Å². The molecule has 0 spiro atoms. The van der Waals surface area contributed by atoms with Crippen LogP contribution in [0.25, 0.3) is 22.4 Å². The van der Waals surface area contributed by atoms with E-state index in [0.717, 1.165) is 33.5 Å². The molecule has 2 nitrogen and oxygen atoms in total. The van der Waals surface area contributed by atoms with Gasteiger partial charge in [-0.05, 0) is 53.9 Å². The third-order valence-corrected chi connectivity index (χ3v) is 4.67. The van der Waals surface area contributed by atoms with Crippen LogP contribution in [0.5, 0.6) is 5.88 Å². The number of hydrogen-bond acceptors (Lipinski definition) is 2. The Bertz CT molecular complexity index is 1060. The van der Waals surface area contributed by atoms with E-state index < -0.39 is 0 Å². The fourth-order valence-corrected chi connectivity index (χ4v) is 3.14. The van der Waals surface area contributed by atoms with Crippen LogP contribution >= 0.6 is 0 Å². The van der Waals surface area contributed by atoms with Crippen LogP contribution in [0.3, 0.4) is 0 Å². The maximum atomic E-state index is 13.4. The summed E-state index contributed by atoms with van der Waals surface area (Å²) in [6.45, 7) is 2.46. The van der Waals surface area contributed by atoms with Gasteiger partial charge < -0.3 is 4.74 Å². The molecule has 28 heavy (non-hydrogen) atoms. The minimum Gasteiger partial charge on any atom is -0.473 e. The number of benzene rings is 3. The van der Waals surface area contributed by atoms with Gasteiger partial charge in [0.1, 0.15) is 12.4 Å². The topological polar surface area (TPSA) is 22.1 Å². The van der Waals surface area contributed by atoms with Gasteiger partial charge in [0, 0.05) is 11.1 Å². The van der Waals surface area contributed by atoms with E-state index in [1.165, 1.54) is 12.1 Å². The number of rotatable bonds is 5. The summed E-state index contributed by atoms with van der Waals surface area (Å²) < 4.78 is 19.4. The highest BCUT2D eigenvalue weighted by molar-refractivity contribution is 5.75. The Morgan fingerprint density at radius 1 is 0.786 bits per heavy atom. The first-order valence-electron chi connectivity index (χ1n) is 9.20. The number of hydrogen-bond donors (Lipinski definition) is 0. The molecular formula is C25H20FNO. The molecule has 4 rings (SSSR count). The van der Waals surface area contributed by atoms with Crippen LogP contribution in [-0.4, -0.2) is 4.98 Å². The first-order valence-corrected chi connectivity index (χ1v) is 9.20. The van der Waals surface area contributed by atoms with Crippen molar-refractivity contribution in [2.75, 3.05) is 0 Å². The van der Waals surface area contributed by atoms with Crippen LogP contribution in [0.15, 0.2) is 91.0 Å². The molecule has 1 heterocycles. The van der Waals surface area contributed by atoms with Gasteiger partial charge in [-0.2, -0.15) is 0 Å². The Kier molecular flexibility index (Phi) is 5.16. The van der Waals surface area contributed by atoms with Gasteiger partial charge in [0.15, 0.2) is 0 Å². The number of aromatic nitrogens is 1. The predicted molar refractivity (Wildman–Crippen MR) is 111 cm³/mol. The fraction of sp³-hybridized carbons (Fsp3) is 0.0800. The number of ether oxygens (including phenoxy) is 1. The molecule has 0 N–H and O–H groups in total. The zero-order valence-corrected chi connectivity index (χ0v) is 15.6. The SMILES string of the molecule is Cc1c(-c2ccccc2)cc(-c2ccc(F)cc2)nc1OCc1ccccc1. The largest absolute Gasteiger partial charge is 0.473 e. The van der Waals surface area contributed by atoms with Gasteiger partial charge in [0.2, 0.25) is 5.88 Å². The summed E-state index contributed by atoms with van der Waals surface area (Å²) in [5.41, 5.74) is 5.81. The lowest BCUT2D eigenvalue weighted by Gasteiger charge is -2.15. The Morgan fingerprint density at radius 3 is 2.11 bits per heavy atom. The maximum absolute atomic E-state index is 13.4. The third-order valence-electron chi connectivity index (χ3n) is 4.67. The van der Waals surface area contributed by atoms with Crippen molar-refractivity contribution >= 4 is 0 Å². The second-order valence-corrected chi connectivity index (χ2v) is 6.63. The smallest absolute Gasteiger partial charge is 0.217 e. The maximum Gasteiger partial charge on any atom is 0.217 e. The van der Waals surface area contributed by atoms with E-state index in [2.05, 4.69) is 12.1 Å². The van der Waals surface area contributed by atoms with Gasteiger partial charge >= 0.3 is 0 Å². The minimum atomic E-state index is -0.264. The molecule has 0 fully saturated rings. The van der Waals surface area contributed by atoms with Crippen molar-refractivity contribution in [3.63, 3.8) is 0 Å². The highest BCUT2D eigenvalue weighted by atomic mass is 19.1. The Hall–Kier alpha value is -3.46. The molecule has 138 valence electrons. The molecule has 0 amide bonds. The Labute approximate surface area is 164 Å². The van der Waals surface area contributed by atoms with E-state index in [1.54, 1.807) is 12.1 Å². The summed E-state index contributed by atoms with van der Waals surface area (Å²) >= 11 is 0. The molecule has 0 saturated carbocycles. The van der Waals surface area contributed by atoms with Gasteiger partial charge in [-0.1, -0.05) is 60.7 Å². The first-order chi connectivity index (χ1) is 13.7. The quantitative estimate of drug-likeness (QED) is 0.404. The molecular weight excluding hydrogens is 349 g/mol. The van der Waals surface area contributed by atoms with Crippen molar-refractivity contribution in [2.24, 2.45) is 0 Å². The molecule has 0 saturated heterocycles. The normalized spacial score (nSPS) is 10.6. The molecule has 3 aromatic carbocycles. The highest BCUT2D eigenvalue weighted by Gasteiger charge is 2.13. The molecule has 4 aromatic rings. The van der Waals surface area contributed by atoms with Crippen molar-refractivity contribution in [3.8, 4) is 28.3 Å². The second-order valence-electron chi connectivity index (χ2n) is 6.63. The zero-order chi connectivity index (χ0) is 19.3. The van der Waals surface area contributed by atoms with E-state index in [1.807, 2.05) is 61.5 Å². The zero-order valence-electron chi connectivity index (χ0n) is 15.6. The minimum absolute atomic E-state index is 0.264. The van der Waals surface area contributed by atoms with E-state index in [4.69, 9.17) is 9.72 Å². The summed E-state index contributed by atoms with van der Waals surface area (Å²) in [6, 6.07) is 28.6. The van der Waals surface area contributed by atoms with Gasteiger partial charge in [-0.15, -0.1) is 0 Å². The van der Waals surface area contributed by atoms with Crippen LogP contribution < -0.4 is 4.74 Å². The molecule has 0 unspecified atom stereocenters. The molecule has 0 atom stereocenters. The van der Waals surface area contributed by atoms with Crippen LogP contribution in [0, 0.1) is 12.7 Å². The summed E-state index contributed by atoms with van der Waals surface area (Å²) in [6.07, 6.45) is 0. The molecule has 0 bridgehead atoms. The Balaban J connectivity index is 1.77. The van der Waals surface area contributed by atoms with E-state index >= 15 is 0 Å². The van der Waals surface area contributed by atoms with Crippen LogP contribution in [0.1, 0.15) is 11.1 Å². The average Bonchev–Trinajstić information content (AvgIpc) is 2.75. The van der Waals surface area contributed by atoms with Crippen molar-refractivity contribution in [1.29, 1.82) is 0 Å². The van der Waals surface area contributed by atoms with E-state index in [9.17, 15) is 4.39 Å². The lowest BCUT2D eigenvalue weighted by Crippen LogP contribution is -2.02. The van der Waals surface area contributed by atoms with Gasteiger partial charge in [-0.25, -0.2) is 9.37 Å². The molecule has 3 heteroatoms. The number of halogens is 1. The number of nitrogens with zero attached hydrogens (tertiary/aromatic N) is 1. The Morgan fingerprint density at radius 2 is 1.43 bits per heavy atom.